The van der Waals surface area contributed by atoms with Crippen LogP contribution in [-0.4, -0.2) is 64.6 Å². The minimum absolute atomic E-state index is 0.201. The molecular weight excluding hydrogens is 355 g/mol. The lowest BCUT2D eigenvalue weighted by Gasteiger charge is -2.37. The fourth-order valence-electron chi connectivity index (χ4n) is 3.05. The lowest BCUT2D eigenvalue weighted by Crippen LogP contribution is -2.47. The molecule has 2 heterocycles. The minimum Gasteiger partial charge on any atom is -0.373 e. The van der Waals surface area contributed by atoms with E-state index in [1.807, 2.05) is 29.7 Å². The van der Waals surface area contributed by atoms with Crippen molar-refractivity contribution in [2.75, 3.05) is 44.2 Å². The van der Waals surface area contributed by atoms with E-state index in [0.717, 1.165) is 0 Å². The summed E-state index contributed by atoms with van der Waals surface area (Å²) >= 11 is 1.17. The second-order valence-electron chi connectivity index (χ2n) is 6.10. The van der Waals surface area contributed by atoms with Gasteiger partial charge in [-0.05, 0) is 26.0 Å². The van der Waals surface area contributed by atoms with Gasteiger partial charge >= 0.3 is 0 Å². The van der Waals surface area contributed by atoms with Crippen molar-refractivity contribution in [1.82, 2.24) is 13.5 Å². The van der Waals surface area contributed by atoms with Crippen LogP contribution >= 0.6 is 12.1 Å². The van der Waals surface area contributed by atoms with Crippen molar-refractivity contribution in [3.05, 3.63) is 41.9 Å². The minimum atomic E-state index is -0.247. The van der Waals surface area contributed by atoms with Crippen molar-refractivity contribution < 1.29 is 14.0 Å². The Morgan fingerprint density at radius 3 is 2.12 bits per heavy atom. The molecule has 26 heavy (non-hydrogen) atoms. The number of likely N-dealkylation sites (N-methyl/N-ethyl adjacent to an activating group) is 2. The van der Waals surface area contributed by atoms with Gasteiger partial charge in [0.25, 0.3) is 11.8 Å². The maximum Gasteiger partial charge on any atom is 0.272 e. The van der Waals surface area contributed by atoms with Crippen LogP contribution in [0.3, 0.4) is 0 Å². The Labute approximate surface area is 157 Å². The molecule has 3 rings (SSSR count). The van der Waals surface area contributed by atoms with Crippen LogP contribution in [0.5, 0.6) is 0 Å². The molecule has 0 unspecified atom stereocenters. The van der Waals surface area contributed by atoms with Gasteiger partial charge in [-0.2, -0.15) is 0 Å². The standard InChI is InChI=1S/C18H23FN4O2S/c1-3-22-17(24)14(18(25)23(4-2)26-22)13-20-9-11-21(12-10-20)16-8-6-5-7-15(16)19/h5-8,13H,3-4,9-12H2,1-2H3. The van der Waals surface area contributed by atoms with E-state index < -0.39 is 0 Å². The van der Waals surface area contributed by atoms with Gasteiger partial charge in [0.05, 0.1) is 17.8 Å². The van der Waals surface area contributed by atoms with Crippen molar-refractivity contribution in [1.29, 1.82) is 0 Å². The van der Waals surface area contributed by atoms with Crippen LogP contribution in [-0.2, 0) is 9.59 Å². The van der Waals surface area contributed by atoms with Crippen LogP contribution in [0.4, 0.5) is 10.1 Å². The topological polar surface area (TPSA) is 47.1 Å². The zero-order chi connectivity index (χ0) is 18.7. The molecule has 6 nitrogen and oxygen atoms in total. The van der Waals surface area contributed by atoms with Gasteiger partial charge in [0, 0.05) is 45.5 Å². The lowest BCUT2D eigenvalue weighted by atomic mass is 10.2. The van der Waals surface area contributed by atoms with Crippen LogP contribution in [0, 0.1) is 5.82 Å². The number of para-hydroxylation sites is 1. The first-order chi connectivity index (χ1) is 12.5. The highest BCUT2D eigenvalue weighted by molar-refractivity contribution is 7.96. The molecule has 2 fully saturated rings. The molecule has 2 saturated heterocycles. The number of benzene rings is 1. The molecule has 0 aliphatic carbocycles. The van der Waals surface area contributed by atoms with Crippen LogP contribution in [0.2, 0.25) is 0 Å². The fourth-order valence-corrected chi connectivity index (χ4v) is 3.86. The van der Waals surface area contributed by atoms with Crippen molar-refractivity contribution in [3.63, 3.8) is 0 Å². The Morgan fingerprint density at radius 2 is 1.58 bits per heavy atom. The first kappa shape index (κ1) is 18.6. The largest absolute Gasteiger partial charge is 0.373 e. The van der Waals surface area contributed by atoms with E-state index in [2.05, 4.69) is 0 Å². The normalized spacial score (nSPS) is 18.7. The van der Waals surface area contributed by atoms with E-state index >= 15 is 0 Å². The van der Waals surface area contributed by atoms with Gasteiger partial charge in [0.15, 0.2) is 0 Å². The summed E-state index contributed by atoms with van der Waals surface area (Å²) < 4.78 is 17.1. The Hall–Kier alpha value is -2.22. The highest BCUT2D eigenvalue weighted by atomic mass is 32.2. The lowest BCUT2D eigenvalue weighted by molar-refractivity contribution is -0.130. The van der Waals surface area contributed by atoms with E-state index in [0.29, 0.717) is 45.0 Å². The molecule has 0 aromatic heterocycles. The van der Waals surface area contributed by atoms with Crippen LogP contribution in [0.15, 0.2) is 36.0 Å². The van der Waals surface area contributed by atoms with Crippen molar-refractivity contribution in [3.8, 4) is 0 Å². The maximum absolute atomic E-state index is 13.9. The van der Waals surface area contributed by atoms with E-state index in [1.165, 1.54) is 18.2 Å². The number of rotatable bonds is 4. The van der Waals surface area contributed by atoms with Crippen LogP contribution < -0.4 is 4.90 Å². The SMILES string of the molecule is CCN1SN(CC)C(=O)C(=CN2CCN(c3ccccc3F)CC2)C1=O. The molecule has 0 radical (unpaired) electrons. The van der Waals surface area contributed by atoms with Crippen molar-refractivity contribution >= 4 is 29.6 Å². The zero-order valence-corrected chi connectivity index (χ0v) is 15.8. The third-order valence-electron chi connectivity index (χ3n) is 4.50. The first-order valence-corrected chi connectivity index (χ1v) is 9.55. The number of anilines is 1. The monoisotopic (exact) mass is 378 g/mol. The molecule has 8 heteroatoms. The molecule has 2 amide bonds. The molecule has 1 aromatic rings. The summed E-state index contributed by atoms with van der Waals surface area (Å²) in [6.07, 6.45) is 1.67. The molecular formula is C18H23FN4O2S. The van der Waals surface area contributed by atoms with Crippen molar-refractivity contribution in [2.45, 2.75) is 13.8 Å². The Balaban J connectivity index is 1.71. The Bertz CT molecular complexity index is 695. The first-order valence-electron chi connectivity index (χ1n) is 8.82. The summed E-state index contributed by atoms with van der Waals surface area (Å²) in [7, 11) is 0. The van der Waals surface area contributed by atoms with E-state index in [4.69, 9.17) is 0 Å². The van der Waals surface area contributed by atoms with E-state index in [9.17, 15) is 14.0 Å². The summed E-state index contributed by atoms with van der Waals surface area (Å²) in [5.41, 5.74) is 0.794. The van der Waals surface area contributed by atoms with Gasteiger partial charge in [0.1, 0.15) is 11.4 Å². The zero-order valence-electron chi connectivity index (χ0n) is 15.0. The summed E-state index contributed by atoms with van der Waals surface area (Å²) in [5, 5.41) is 0. The van der Waals surface area contributed by atoms with Gasteiger partial charge in [-0.15, -0.1) is 0 Å². The third-order valence-corrected chi connectivity index (χ3v) is 5.75. The molecule has 0 bridgehead atoms. The second-order valence-corrected chi connectivity index (χ2v) is 7.14. The molecule has 0 atom stereocenters. The number of nitrogens with zero attached hydrogens (tertiary/aromatic N) is 4. The number of halogens is 1. The van der Waals surface area contributed by atoms with Gasteiger partial charge in [-0.25, -0.2) is 4.39 Å². The average molecular weight is 378 g/mol. The maximum atomic E-state index is 13.9. The molecule has 1 aromatic carbocycles. The second kappa shape index (κ2) is 7.99. The summed E-state index contributed by atoms with van der Waals surface area (Å²) in [6.45, 7) is 7.37. The van der Waals surface area contributed by atoms with Gasteiger partial charge in [0.2, 0.25) is 0 Å². The van der Waals surface area contributed by atoms with Crippen LogP contribution in [0.1, 0.15) is 13.8 Å². The summed E-state index contributed by atoms with van der Waals surface area (Å²) in [6, 6.07) is 6.73. The summed E-state index contributed by atoms with van der Waals surface area (Å²) in [5.74, 6) is -0.724. The van der Waals surface area contributed by atoms with E-state index in [1.54, 1.807) is 26.9 Å². The predicted octanol–water partition coefficient (Wildman–Crippen LogP) is 2.11. The van der Waals surface area contributed by atoms with Gasteiger partial charge < -0.3 is 9.80 Å². The average Bonchev–Trinajstić information content (AvgIpc) is 2.66. The van der Waals surface area contributed by atoms with Crippen molar-refractivity contribution in [2.24, 2.45) is 0 Å². The molecule has 2 aliphatic heterocycles. The molecule has 2 aliphatic rings. The quantitative estimate of drug-likeness (QED) is 0.456. The fraction of sp³-hybridized carbons (Fsp3) is 0.444. The number of hydrogen-bond acceptors (Lipinski definition) is 5. The number of piperazine rings is 1. The number of amides is 2. The van der Waals surface area contributed by atoms with Gasteiger partial charge in [-0.3, -0.25) is 18.2 Å². The number of hydrogen-bond donors (Lipinski definition) is 0. The molecule has 140 valence electrons. The van der Waals surface area contributed by atoms with Gasteiger partial charge in [-0.1, -0.05) is 12.1 Å². The highest BCUT2D eigenvalue weighted by Crippen LogP contribution is 2.28. The van der Waals surface area contributed by atoms with Crippen LogP contribution in [0.25, 0.3) is 0 Å². The number of carbonyl (C=O) groups excluding carboxylic acids is 2. The highest BCUT2D eigenvalue weighted by Gasteiger charge is 2.35. The summed E-state index contributed by atoms with van der Waals surface area (Å²) in [4.78, 5) is 29.0. The number of carbonyl (C=O) groups is 2. The third kappa shape index (κ3) is 3.65. The molecule has 0 saturated carbocycles. The van der Waals surface area contributed by atoms with E-state index in [-0.39, 0.29) is 23.2 Å². The smallest absolute Gasteiger partial charge is 0.272 e. The predicted molar refractivity (Wildman–Crippen MR) is 101 cm³/mol. The Kier molecular flexibility index (Phi) is 5.70. The molecule has 0 N–H and O–H groups in total. The Morgan fingerprint density at radius 1 is 1.00 bits per heavy atom. The molecule has 0 spiro atoms.